The fraction of sp³-hybridized carbons (Fsp3) is 0.667. The number of amides is 2. The third-order valence-electron chi connectivity index (χ3n) is 7.43. The number of likely N-dealkylation sites (tertiary alicyclic amines) is 1. The Hall–Kier alpha value is -1.79. The van der Waals surface area contributed by atoms with Gasteiger partial charge in [-0.05, 0) is 75.9 Å². The van der Waals surface area contributed by atoms with Crippen LogP contribution in [0.2, 0.25) is 5.02 Å². The largest absolute Gasteiger partial charge is 0.450 e. The van der Waals surface area contributed by atoms with Crippen LogP contribution in [0.4, 0.5) is 10.5 Å². The van der Waals surface area contributed by atoms with Gasteiger partial charge >= 0.3 is 6.09 Å². The number of hydrogen-bond acceptors (Lipinski definition) is 4. The van der Waals surface area contributed by atoms with Gasteiger partial charge in [0, 0.05) is 41.7 Å². The highest BCUT2D eigenvalue weighted by molar-refractivity contribution is 6.30. The minimum atomic E-state index is -0.297. The van der Waals surface area contributed by atoms with Gasteiger partial charge in [0.2, 0.25) is 5.91 Å². The van der Waals surface area contributed by atoms with Gasteiger partial charge in [-0.1, -0.05) is 24.4 Å². The second-order valence-electron chi connectivity index (χ2n) is 9.32. The molecule has 7 heteroatoms. The first-order valence-electron chi connectivity index (χ1n) is 11.7. The van der Waals surface area contributed by atoms with E-state index in [1.54, 1.807) is 6.92 Å². The molecule has 1 N–H and O–H groups in total. The zero-order chi connectivity index (χ0) is 22.0. The molecule has 3 aliphatic rings. The summed E-state index contributed by atoms with van der Waals surface area (Å²) in [6.07, 6.45) is 7.27. The lowest BCUT2D eigenvalue weighted by Crippen LogP contribution is -2.50. The van der Waals surface area contributed by atoms with Crippen molar-refractivity contribution in [3.05, 3.63) is 28.8 Å². The highest BCUT2D eigenvalue weighted by Gasteiger charge is 2.46. The van der Waals surface area contributed by atoms with Gasteiger partial charge in [-0.2, -0.15) is 0 Å². The van der Waals surface area contributed by atoms with E-state index in [-0.39, 0.29) is 23.5 Å². The third-order valence-corrected chi connectivity index (χ3v) is 7.66. The van der Waals surface area contributed by atoms with E-state index in [9.17, 15) is 9.59 Å². The molecule has 2 heterocycles. The first kappa shape index (κ1) is 22.4. The molecule has 1 aliphatic carbocycles. The number of fused-ring (bicyclic) bond motifs is 2. The SMILES string of the molecule is CCOC(=O)NC1CCCCC(N2CCC3(CC2)CN(C(C)=O)c2ccc(Cl)cc23)C1. The molecule has 2 amide bonds. The quantitative estimate of drug-likeness (QED) is 0.693. The number of nitrogens with one attached hydrogen (secondary N) is 1. The van der Waals surface area contributed by atoms with Crippen molar-refractivity contribution in [2.75, 3.05) is 31.1 Å². The summed E-state index contributed by atoms with van der Waals surface area (Å²) < 4.78 is 5.10. The van der Waals surface area contributed by atoms with Crippen LogP contribution in [0.3, 0.4) is 0 Å². The van der Waals surface area contributed by atoms with Crippen LogP contribution in [-0.2, 0) is 14.9 Å². The molecule has 170 valence electrons. The zero-order valence-electron chi connectivity index (χ0n) is 18.7. The van der Waals surface area contributed by atoms with Gasteiger partial charge in [-0.15, -0.1) is 0 Å². The number of ether oxygens (including phenoxy) is 1. The molecule has 4 rings (SSSR count). The Kier molecular flexibility index (Phi) is 6.77. The van der Waals surface area contributed by atoms with Crippen LogP contribution in [0.1, 0.15) is 64.4 Å². The lowest BCUT2D eigenvalue weighted by Gasteiger charge is -2.43. The van der Waals surface area contributed by atoms with Crippen LogP contribution in [0.25, 0.3) is 0 Å². The molecule has 1 aromatic carbocycles. The molecule has 31 heavy (non-hydrogen) atoms. The molecule has 1 saturated heterocycles. The fourth-order valence-electron chi connectivity index (χ4n) is 5.80. The van der Waals surface area contributed by atoms with Gasteiger partial charge in [0.15, 0.2) is 0 Å². The smallest absolute Gasteiger partial charge is 0.407 e. The lowest BCUT2D eigenvalue weighted by molar-refractivity contribution is -0.116. The van der Waals surface area contributed by atoms with Crippen molar-refractivity contribution in [1.29, 1.82) is 0 Å². The van der Waals surface area contributed by atoms with E-state index in [1.807, 2.05) is 24.0 Å². The van der Waals surface area contributed by atoms with E-state index in [0.29, 0.717) is 12.6 Å². The van der Waals surface area contributed by atoms with Crippen molar-refractivity contribution >= 4 is 29.3 Å². The van der Waals surface area contributed by atoms with Gasteiger partial charge in [-0.25, -0.2) is 4.79 Å². The molecule has 2 aliphatic heterocycles. The topological polar surface area (TPSA) is 61.9 Å². The lowest BCUT2D eigenvalue weighted by atomic mass is 9.74. The normalized spacial score (nSPS) is 25.7. The molecule has 1 aromatic rings. The zero-order valence-corrected chi connectivity index (χ0v) is 19.4. The van der Waals surface area contributed by atoms with Crippen molar-refractivity contribution in [3.8, 4) is 0 Å². The number of halogens is 1. The average molecular weight is 448 g/mol. The highest BCUT2D eigenvalue weighted by atomic mass is 35.5. The Morgan fingerprint density at radius 2 is 1.97 bits per heavy atom. The first-order valence-corrected chi connectivity index (χ1v) is 12.0. The maximum atomic E-state index is 12.3. The number of nitrogens with zero attached hydrogens (tertiary/aromatic N) is 2. The molecule has 2 fully saturated rings. The molecule has 1 spiro atoms. The van der Waals surface area contributed by atoms with E-state index in [0.717, 1.165) is 62.4 Å². The predicted octanol–water partition coefficient (Wildman–Crippen LogP) is 4.49. The number of rotatable bonds is 3. The van der Waals surface area contributed by atoms with Crippen LogP contribution in [0.5, 0.6) is 0 Å². The summed E-state index contributed by atoms with van der Waals surface area (Å²) in [5.41, 5.74) is 2.26. The molecular formula is C24H34ClN3O3. The van der Waals surface area contributed by atoms with Crippen molar-refractivity contribution in [3.63, 3.8) is 0 Å². The van der Waals surface area contributed by atoms with Crippen molar-refractivity contribution in [1.82, 2.24) is 10.2 Å². The number of hydrogen-bond donors (Lipinski definition) is 1. The number of alkyl carbamates (subject to hydrolysis) is 1. The number of carbonyl (C=O) groups excluding carboxylic acids is 2. The van der Waals surface area contributed by atoms with E-state index in [2.05, 4.69) is 16.3 Å². The molecule has 2 unspecified atom stereocenters. The second kappa shape index (κ2) is 9.37. The Balaban J connectivity index is 1.44. The molecular weight excluding hydrogens is 414 g/mol. The van der Waals surface area contributed by atoms with Crippen molar-refractivity contribution in [2.45, 2.75) is 76.3 Å². The van der Waals surface area contributed by atoms with Crippen LogP contribution in [-0.4, -0.2) is 55.2 Å². The summed E-state index contributed by atoms with van der Waals surface area (Å²) in [5.74, 6) is 0.0968. The van der Waals surface area contributed by atoms with Gasteiger partial charge in [0.05, 0.1) is 6.61 Å². The summed E-state index contributed by atoms with van der Waals surface area (Å²) in [4.78, 5) is 28.7. The van der Waals surface area contributed by atoms with Gasteiger partial charge in [0.25, 0.3) is 0 Å². The summed E-state index contributed by atoms with van der Waals surface area (Å²) >= 11 is 6.34. The average Bonchev–Trinajstić information content (AvgIpc) is 2.87. The van der Waals surface area contributed by atoms with Gasteiger partial charge in [-0.3, -0.25) is 4.79 Å². The van der Waals surface area contributed by atoms with Gasteiger partial charge in [0.1, 0.15) is 0 Å². The molecule has 0 aromatic heterocycles. The van der Waals surface area contributed by atoms with Crippen LogP contribution < -0.4 is 10.2 Å². The van der Waals surface area contributed by atoms with Crippen LogP contribution in [0.15, 0.2) is 18.2 Å². The summed E-state index contributed by atoms with van der Waals surface area (Å²) in [5, 5.41) is 3.81. The monoisotopic (exact) mass is 447 g/mol. The van der Waals surface area contributed by atoms with E-state index >= 15 is 0 Å². The summed E-state index contributed by atoms with van der Waals surface area (Å²) in [7, 11) is 0. The van der Waals surface area contributed by atoms with E-state index in [4.69, 9.17) is 16.3 Å². The summed E-state index contributed by atoms with van der Waals surface area (Å²) in [6.45, 7) is 6.65. The highest BCUT2D eigenvalue weighted by Crippen LogP contribution is 2.48. The van der Waals surface area contributed by atoms with Crippen LogP contribution >= 0.6 is 11.6 Å². The Morgan fingerprint density at radius 3 is 2.68 bits per heavy atom. The van der Waals surface area contributed by atoms with Crippen molar-refractivity contribution < 1.29 is 14.3 Å². The number of carbonyl (C=O) groups is 2. The molecule has 6 nitrogen and oxygen atoms in total. The third kappa shape index (κ3) is 4.70. The molecule has 0 radical (unpaired) electrons. The van der Waals surface area contributed by atoms with Crippen LogP contribution in [0, 0.1) is 0 Å². The fourth-order valence-corrected chi connectivity index (χ4v) is 5.98. The Bertz CT molecular complexity index is 822. The minimum absolute atomic E-state index is 0.00425. The number of benzene rings is 1. The van der Waals surface area contributed by atoms with E-state index < -0.39 is 0 Å². The minimum Gasteiger partial charge on any atom is -0.450 e. The number of piperidine rings is 1. The Labute approximate surface area is 190 Å². The maximum Gasteiger partial charge on any atom is 0.407 e. The second-order valence-corrected chi connectivity index (χ2v) is 9.76. The van der Waals surface area contributed by atoms with E-state index in [1.165, 1.54) is 18.4 Å². The predicted molar refractivity (Wildman–Crippen MR) is 123 cm³/mol. The number of anilines is 1. The molecule has 1 saturated carbocycles. The van der Waals surface area contributed by atoms with Gasteiger partial charge < -0.3 is 19.9 Å². The maximum absolute atomic E-state index is 12.3. The molecule has 2 atom stereocenters. The summed E-state index contributed by atoms with van der Waals surface area (Å²) in [6, 6.07) is 6.61. The standard InChI is InChI=1S/C24H34ClN3O3/c1-3-31-23(30)26-19-6-4-5-7-20(15-19)27-12-10-24(11-13-27)16-28(17(2)29)22-9-8-18(25)14-21(22)24/h8-9,14,19-20H,3-7,10-13,15-16H2,1-2H3,(H,26,30). The molecule has 0 bridgehead atoms. The van der Waals surface area contributed by atoms with Crippen molar-refractivity contribution in [2.24, 2.45) is 0 Å². The Morgan fingerprint density at radius 1 is 1.23 bits per heavy atom. The first-order chi connectivity index (χ1) is 14.9.